The predicted molar refractivity (Wildman–Crippen MR) is 56.5 cm³/mol. The Bertz CT molecular complexity index is 376. The lowest BCUT2D eigenvalue weighted by molar-refractivity contribution is 0.0966. The molecule has 1 aliphatic heterocycles. The first-order valence-corrected chi connectivity index (χ1v) is 5.21. The van der Waals surface area contributed by atoms with Gasteiger partial charge in [-0.3, -0.25) is 4.79 Å². The lowest BCUT2D eigenvalue weighted by Gasteiger charge is -2.10. The largest absolute Gasteiger partial charge is 0.348 e. The molecule has 1 aromatic carbocycles. The van der Waals surface area contributed by atoms with Crippen LogP contribution in [0.4, 0.5) is 0 Å². The van der Waals surface area contributed by atoms with Gasteiger partial charge >= 0.3 is 0 Å². The number of fused-ring (bicyclic) bond motifs is 1. The molecule has 1 amide bonds. The quantitative estimate of drug-likeness (QED) is 0.746. The molecule has 0 saturated carbocycles. The number of nitrogens with one attached hydrogen (secondary N) is 1. The molecule has 0 aliphatic carbocycles. The smallest absolute Gasteiger partial charge is 0.251 e. The van der Waals surface area contributed by atoms with Gasteiger partial charge in [0, 0.05) is 12.1 Å². The summed E-state index contributed by atoms with van der Waals surface area (Å²) in [7, 11) is 0. The molecular formula is C11H12ClNO. The minimum atomic E-state index is 0.0117. The fourth-order valence-corrected chi connectivity index (χ4v) is 2.00. The molecule has 1 atom stereocenters. The number of carbonyl (C=O) groups excluding carboxylic acids is 1. The maximum atomic E-state index is 11.4. The van der Waals surface area contributed by atoms with Gasteiger partial charge in [-0.2, -0.15) is 0 Å². The Balaban J connectivity index is 2.49. The summed E-state index contributed by atoms with van der Waals surface area (Å²) in [6.45, 7) is 2.66. The van der Waals surface area contributed by atoms with Crippen LogP contribution >= 0.6 is 11.6 Å². The number of hydrogen-bond donors (Lipinski definition) is 1. The van der Waals surface area contributed by atoms with Crippen molar-refractivity contribution in [3.8, 4) is 0 Å². The Kier molecular flexibility index (Phi) is 2.46. The molecule has 1 aliphatic rings. The molecular weight excluding hydrogens is 198 g/mol. The van der Waals surface area contributed by atoms with Crippen LogP contribution in [0.2, 0.25) is 0 Å². The zero-order chi connectivity index (χ0) is 10.1. The summed E-state index contributed by atoms with van der Waals surface area (Å²) in [6, 6.07) is 5.74. The van der Waals surface area contributed by atoms with E-state index >= 15 is 0 Å². The Morgan fingerprint density at radius 1 is 1.57 bits per heavy atom. The first-order valence-electron chi connectivity index (χ1n) is 4.78. The Morgan fingerprint density at radius 2 is 2.36 bits per heavy atom. The summed E-state index contributed by atoms with van der Waals surface area (Å²) in [5, 5.41) is 2.82. The Labute approximate surface area is 88.3 Å². The predicted octanol–water partition coefficient (Wildman–Crippen LogP) is 2.62. The number of rotatable bonds is 2. The van der Waals surface area contributed by atoms with Crippen molar-refractivity contribution in [3.05, 3.63) is 34.9 Å². The summed E-state index contributed by atoms with van der Waals surface area (Å²) in [6.07, 6.45) is 0.881. The second-order valence-corrected chi connectivity index (χ2v) is 3.96. The van der Waals surface area contributed by atoms with Gasteiger partial charge in [-0.1, -0.05) is 19.1 Å². The van der Waals surface area contributed by atoms with E-state index in [1.54, 1.807) is 0 Å². The van der Waals surface area contributed by atoms with Crippen molar-refractivity contribution in [3.63, 3.8) is 0 Å². The highest BCUT2D eigenvalue weighted by Gasteiger charge is 2.23. The molecule has 1 heterocycles. The number of alkyl halides is 1. The molecule has 74 valence electrons. The summed E-state index contributed by atoms with van der Waals surface area (Å²) in [5.41, 5.74) is 2.94. The second kappa shape index (κ2) is 3.62. The van der Waals surface area contributed by atoms with E-state index < -0.39 is 0 Å². The molecule has 2 rings (SSSR count). The zero-order valence-electron chi connectivity index (χ0n) is 8.01. The van der Waals surface area contributed by atoms with E-state index in [1.807, 2.05) is 25.1 Å². The van der Waals surface area contributed by atoms with Gasteiger partial charge in [-0.15, -0.1) is 11.6 Å². The minimum absolute atomic E-state index is 0.0117. The third-order valence-electron chi connectivity index (χ3n) is 2.58. The SMILES string of the molecule is CCC(Cl)c1cccc2c1CNC2=O. The highest BCUT2D eigenvalue weighted by Crippen LogP contribution is 2.30. The van der Waals surface area contributed by atoms with Gasteiger partial charge < -0.3 is 5.32 Å². The number of hydrogen-bond acceptors (Lipinski definition) is 1. The van der Waals surface area contributed by atoms with Gasteiger partial charge in [-0.25, -0.2) is 0 Å². The first kappa shape index (κ1) is 9.53. The zero-order valence-corrected chi connectivity index (χ0v) is 8.77. The van der Waals surface area contributed by atoms with Gasteiger partial charge in [0.05, 0.1) is 5.38 Å². The average Bonchev–Trinajstić information content (AvgIpc) is 2.59. The fourth-order valence-electron chi connectivity index (χ4n) is 1.79. The lowest BCUT2D eigenvalue weighted by Crippen LogP contribution is -2.12. The van der Waals surface area contributed by atoms with Crippen LogP contribution in [0.1, 0.15) is 40.2 Å². The molecule has 0 fully saturated rings. The van der Waals surface area contributed by atoms with E-state index in [0.29, 0.717) is 6.54 Å². The Morgan fingerprint density at radius 3 is 3.07 bits per heavy atom. The summed E-state index contributed by atoms with van der Waals surface area (Å²) >= 11 is 6.18. The molecule has 1 aromatic rings. The summed E-state index contributed by atoms with van der Waals surface area (Å²) in [5.74, 6) is 0.0156. The van der Waals surface area contributed by atoms with Gasteiger partial charge in [0.25, 0.3) is 5.91 Å². The van der Waals surface area contributed by atoms with E-state index in [9.17, 15) is 4.79 Å². The van der Waals surface area contributed by atoms with E-state index in [0.717, 1.165) is 23.1 Å². The van der Waals surface area contributed by atoms with Crippen LogP contribution in [0.15, 0.2) is 18.2 Å². The van der Waals surface area contributed by atoms with Crippen LogP contribution in [0.25, 0.3) is 0 Å². The van der Waals surface area contributed by atoms with Crippen LogP contribution in [-0.2, 0) is 6.54 Å². The molecule has 0 spiro atoms. The van der Waals surface area contributed by atoms with E-state index in [2.05, 4.69) is 5.32 Å². The van der Waals surface area contributed by atoms with Crippen molar-refractivity contribution >= 4 is 17.5 Å². The van der Waals surface area contributed by atoms with Crippen molar-refractivity contribution in [2.45, 2.75) is 25.3 Å². The van der Waals surface area contributed by atoms with Crippen molar-refractivity contribution in [2.24, 2.45) is 0 Å². The normalized spacial score (nSPS) is 16.3. The van der Waals surface area contributed by atoms with Gasteiger partial charge in [0.2, 0.25) is 0 Å². The standard InChI is InChI=1S/C11H12ClNO/c1-2-10(12)7-4-3-5-8-9(7)6-13-11(8)14/h3-5,10H,2,6H2,1H3,(H,13,14). The highest BCUT2D eigenvalue weighted by molar-refractivity contribution is 6.21. The third-order valence-corrected chi connectivity index (χ3v) is 3.12. The van der Waals surface area contributed by atoms with Crippen molar-refractivity contribution in [1.29, 1.82) is 0 Å². The monoisotopic (exact) mass is 209 g/mol. The number of amides is 1. The van der Waals surface area contributed by atoms with Crippen LogP contribution < -0.4 is 5.32 Å². The average molecular weight is 210 g/mol. The minimum Gasteiger partial charge on any atom is -0.348 e. The van der Waals surface area contributed by atoms with Crippen molar-refractivity contribution < 1.29 is 4.79 Å². The maximum absolute atomic E-state index is 11.4. The van der Waals surface area contributed by atoms with Crippen LogP contribution in [0, 0.1) is 0 Å². The third kappa shape index (κ3) is 1.40. The van der Waals surface area contributed by atoms with Crippen LogP contribution in [0.5, 0.6) is 0 Å². The van der Waals surface area contributed by atoms with Crippen LogP contribution in [0.3, 0.4) is 0 Å². The van der Waals surface area contributed by atoms with Gasteiger partial charge in [-0.05, 0) is 23.6 Å². The molecule has 1 N–H and O–H groups in total. The summed E-state index contributed by atoms with van der Waals surface area (Å²) < 4.78 is 0. The van der Waals surface area contributed by atoms with Crippen LogP contribution in [-0.4, -0.2) is 5.91 Å². The van der Waals surface area contributed by atoms with E-state index in [-0.39, 0.29) is 11.3 Å². The number of carbonyl (C=O) groups is 1. The summed E-state index contributed by atoms with van der Waals surface area (Å²) in [4.78, 5) is 11.4. The number of benzene rings is 1. The van der Waals surface area contributed by atoms with Gasteiger partial charge in [0.1, 0.15) is 0 Å². The maximum Gasteiger partial charge on any atom is 0.251 e. The molecule has 0 saturated heterocycles. The molecule has 0 radical (unpaired) electrons. The number of halogens is 1. The molecule has 0 aromatic heterocycles. The molecule has 1 unspecified atom stereocenters. The van der Waals surface area contributed by atoms with Crippen molar-refractivity contribution in [2.75, 3.05) is 0 Å². The van der Waals surface area contributed by atoms with E-state index in [4.69, 9.17) is 11.6 Å². The molecule has 2 nitrogen and oxygen atoms in total. The van der Waals surface area contributed by atoms with Gasteiger partial charge in [0.15, 0.2) is 0 Å². The van der Waals surface area contributed by atoms with Crippen molar-refractivity contribution in [1.82, 2.24) is 5.32 Å². The first-order chi connectivity index (χ1) is 6.74. The molecule has 14 heavy (non-hydrogen) atoms. The Hall–Kier alpha value is -1.02. The fraction of sp³-hybridized carbons (Fsp3) is 0.364. The second-order valence-electron chi connectivity index (χ2n) is 3.43. The molecule has 3 heteroatoms. The van der Waals surface area contributed by atoms with E-state index in [1.165, 1.54) is 0 Å². The topological polar surface area (TPSA) is 29.1 Å². The molecule has 0 bridgehead atoms. The highest BCUT2D eigenvalue weighted by atomic mass is 35.5. The lowest BCUT2D eigenvalue weighted by atomic mass is 9.99.